The first-order chi connectivity index (χ1) is 15.8. The molecule has 2 N–H and O–H groups in total. The summed E-state index contributed by atoms with van der Waals surface area (Å²) in [7, 11) is 0. The van der Waals surface area contributed by atoms with Gasteiger partial charge in [0.05, 0.1) is 13.7 Å². The van der Waals surface area contributed by atoms with E-state index >= 15 is 0 Å². The minimum atomic E-state index is -2.35. The molecule has 24 heavy (non-hydrogen) atoms. The summed E-state index contributed by atoms with van der Waals surface area (Å²) in [6, 6.07) is -7.38. The van der Waals surface area contributed by atoms with Gasteiger partial charge in [-0.2, -0.15) is 0 Å². The third-order valence-corrected chi connectivity index (χ3v) is 3.93. The van der Waals surface area contributed by atoms with E-state index in [9.17, 15) is 4.79 Å². The zero-order valence-corrected chi connectivity index (χ0v) is 12.9. The first-order valence-electron chi connectivity index (χ1n) is 12.2. The maximum Gasteiger partial charge on any atom is 0.232 e. The third kappa shape index (κ3) is 2.83. The number of rotatable bonds is 6. The van der Waals surface area contributed by atoms with Gasteiger partial charge in [-0.15, -0.1) is 0 Å². The molecular weight excluding hydrogens is 298 g/mol. The van der Waals surface area contributed by atoms with Gasteiger partial charge in [-0.05, 0) is 24.5 Å². The van der Waals surface area contributed by atoms with Crippen molar-refractivity contribution in [3.63, 3.8) is 0 Å². The predicted molar refractivity (Wildman–Crippen MR) is 94.4 cm³/mol. The third-order valence-electron chi connectivity index (χ3n) is 3.93. The molecule has 0 unspecified atom stereocenters. The van der Waals surface area contributed by atoms with Crippen LogP contribution in [-0.4, -0.2) is 15.5 Å². The van der Waals surface area contributed by atoms with Crippen molar-refractivity contribution in [3.05, 3.63) is 89.8 Å². The number of aryl methyl sites for hydroxylation is 2. The Labute approximate surface area is 156 Å². The van der Waals surface area contributed by atoms with Gasteiger partial charge >= 0.3 is 0 Å². The zero-order chi connectivity index (χ0) is 25.7. The van der Waals surface area contributed by atoms with Crippen molar-refractivity contribution in [2.75, 3.05) is 0 Å². The van der Waals surface area contributed by atoms with Crippen molar-refractivity contribution < 1.29 is 18.5 Å². The van der Waals surface area contributed by atoms with Crippen LogP contribution in [0.25, 0.3) is 0 Å². The summed E-state index contributed by atoms with van der Waals surface area (Å²) in [5.74, 6) is -0.678. The molecular formula is C20H21N3O. The summed E-state index contributed by atoms with van der Waals surface area (Å²) in [5.41, 5.74) is 2.37. The van der Waals surface area contributed by atoms with Crippen LogP contribution in [0.5, 0.6) is 0 Å². The molecule has 1 heterocycles. The normalized spacial score (nSPS) is 17.2. The number of imidazole rings is 1. The Balaban J connectivity index is 2.53. The molecule has 122 valence electrons. The van der Waals surface area contributed by atoms with Crippen LogP contribution in [0.1, 0.15) is 37.1 Å². The molecule has 3 rings (SSSR count). The van der Waals surface area contributed by atoms with E-state index in [4.69, 9.17) is 19.4 Å². The van der Waals surface area contributed by atoms with Gasteiger partial charge < -0.3 is 10.3 Å². The van der Waals surface area contributed by atoms with Crippen molar-refractivity contribution in [2.24, 2.45) is 5.73 Å². The number of hydrogen-bond donors (Lipinski definition) is 1. The maximum atomic E-state index is 13.2. The number of amides is 1. The molecule has 1 aromatic heterocycles. The maximum absolute atomic E-state index is 13.2. The lowest BCUT2D eigenvalue weighted by Crippen LogP contribution is -2.43. The van der Waals surface area contributed by atoms with Crippen molar-refractivity contribution in [2.45, 2.75) is 25.3 Å². The van der Waals surface area contributed by atoms with Crippen LogP contribution in [0.4, 0.5) is 0 Å². The molecule has 0 saturated heterocycles. The molecule has 0 radical (unpaired) electrons. The fourth-order valence-electron chi connectivity index (χ4n) is 2.60. The fourth-order valence-corrected chi connectivity index (χ4v) is 2.60. The van der Waals surface area contributed by atoms with Gasteiger partial charge in [-0.1, -0.05) is 60.4 Å². The summed E-state index contributed by atoms with van der Waals surface area (Å²) < 4.78 is 83.6. The standard InChI is InChI=1S/C20H21N3O/c1-16-22-13-15-23(16)14-12-20(19(21)24,17-8-4-2-5-9-17)18-10-6-3-7-11-18/h2-11,13,15H,12,14H2,1H3,(H2,21,24)/i2D,3D,4D,5D,6D,7D,8D,9D,10D,11D. The Bertz CT molecular complexity index is 1190. The lowest BCUT2D eigenvalue weighted by Gasteiger charge is -2.32. The van der Waals surface area contributed by atoms with Crippen molar-refractivity contribution >= 4 is 5.91 Å². The molecule has 3 aromatic rings. The second-order valence-electron chi connectivity index (χ2n) is 5.19. The highest BCUT2D eigenvalue weighted by Crippen LogP contribution is 2.36. The predicted octanol–water partition coefficient (Wildman–Crippen LogP) is 3.05. The summed E-state index contributed by atoms with van der Waals surface area (Å²) in [5, 5.41) is 0. The summed E-state index contributed by atoms with van der Waals surface area (Å²) in [6.07, 6.45) is 2.73. The van der Waals surface area contributed by atoms with Gasteiger partial charge in [0.1, 0.15) is 11.2 Å². The number of nitrogens with two attached hydrogens (primary N) is 1. The highest BCUT2D eigenvalue weighted by molar-refractivity contribution is 5.90. The molecule has 0 aliphatic heterocycles. The lowest BCUT2D eigenvalue weighted by molar-refractivity contribution is -0.122. The molecule has 1 amide bonds. The average Bonchev–Trinajstić information content (AvgIpc) is 3.21. The molecule has 0 fully saturated rings. The summed E-state index contributed by atoms with van der Waals surface area (Å²) in [6.45, 7) is 1.67. The highest BCUT2D eigenvalue weighted by atomic mass is 16.1. The van der Waals surface area contributed by atoms with Crippen molar-refractivity contribution in [3.8, 4) is 0 Å². The number of aromatic nitrogens is 2. The minimum absolute atomic E-state index is 0.0148. The second kappa shape index (κ2) is 6.71. The Morgan fingerprint density at radius 2 is 1.67 bits per heavy atom. The van der Waals surface area contributed by atoms with Crippen LogP contribution >= 0.6 is 0 Å². The van der Waals surface area contributed by atoms with E-state index in [2.05, 4.69) is 4.98 Å². The molecule has 0 bridgehead atoms. The van der Waals surface area contributed by atoms with Crippen molar-refractivity contribution in [1.82, 2.24) is 9.55 Å². The number of benzene rings is 2. The van der Waals surface area contributed by atoms with Gasteiger partial charge in [-0.25, -0.2) is 4.98 Å². The number of hydrogen-bond acceptors (Lipinski definition) is 2. The summed E-state index contributed by atoms with van der Waals surface area (Å²) in [4.78, 5) is 17.3. The minimum Gasteiger partial charge on any atom is -0.369 e. The average molecular weight is 329 g/mol. The van der Waals surface area contributed by atoms with Crippen LogP contribution < -0.4 is 5.73 Å². The lowest BCUT2D eigenvalue weighted by atomic mass is 9.71. The molecule has 0 atom stereocenters. The first-order valence-corrected chi connectivity index (χ1v) is 7.21. The molecule has 0 aliphatic carbocycles. The van der Waals surface area contributed by atoms with Gasteiger partial charge in [0, 0.05) is 18.9 Å². The molecule has 0 aliphatic rings. The molecule has 2 aromatic carbocycles. The van der Waals surface area contributed by atoms with E-state index in [0.29, 0.717) is 5.82 Å². The molecule has 4 heteroatoms. The van der Waals surface area contributed by atoms with E-state index in [-0.39, 0.29) is 13.0 Å². The van der Waals surface area contributed by atoms with E-state index in [1.54, 1.807) is 17.7 Å². The van der Waals surface area contributed by atoms with Crippen molar-refractivity contribution in [1.29, 1.82) is 0 Å². The van der Waals surface area contributed by atoms with Gasteiger partial charge in [0.2, 0.25) is 5.91 Å². The SMILES string of the molecule is [2H]c1c([2H])c([2H])c(C(CCn2ccnc2C)(C(N)=O)c2c([2H])c([2H])c([2H])c([2H])c2[2H])c([2H])c1[2H]. The van der Waals surface area contributed by atoms with E-state index < -0.39 is 82.9 Å². The zero-order valence-electron chi connectivity index (χ0n) is 22.9. The molecule has 4 nitrogen and oxygen atoms in total. The highest BCUT2D eigenvalue weighted by Gasteiger charge is 2.40. The van der Waals surface area contributed by atoms with Crippen LogP contribution in [0.3, 0.4) is 0 Å². The summed E-state index contributed by atoms with van der Waals surface area (Å²) >= 11 is 0. The number of carbonyl (C=O) groups excluding carboxylic acids is 1. The molecule has 0 spiro atoms. The largest absolute Gasteiger partial charge is 0.369 e. The fraction of sp³-hybridized carbons (Fsp3) is 0.200. The Hall–Kier alpha value is -2.88. The number of carbonyl (C=O) groups is 1. The van der Waals surface area contributed by atoms with Crippen LogP contribution in [0.15, 0.2) is 72.8 Å². The van der Waals surface area contributed by atoms with E-state index in [0.717, 1.165) is 0 Å². The Morgan fingerprint density at radius 1 is 1.12 bits per heavy atom. The first kappa shape index (κ1) is 7.79. The Kier molecular flexibility index (Phi) is 2.18. The van der Waals surface area contributed by atoms with Crippen LogP contribution in [0, 0.1) is 6.92 Å². The van der Waals surface area contributed by atoms with E-state index in [1.807, 2.05) is 0 Å². The number of nitrogens with zero attached hydrogens (tertiary/aromatic N) is 2. The van der Waals surface area contributed by atoms with E-state index in [1.165, 1.54) is 6.20 Å². The quantitative estimate of drug-likeness (QED) is 0.755. The van der Waals surface area contributed by atoms with Crippen LogP contribution in [0.2, 0.25) is 0 Å². The number of primary amides is 1. The molecule has 0 saturated carbocycles. The van der Waals surface area contributed by atoms with Gasteiger partial charge in [-0.3, -0.25) is 4.79 Å². The van der Waals surface area contributed by atoms with Crippen LogP contribution in [-0.2, 0) is 16.8 Å². The second-order valence-corrected chi connectivity index (χ2v) is 5.19. The monoisotopic (exact) mass is 329 g/mol. The Morgan fingerprint density at radius 3 is 2.08 bits per heavy atom. The van der Waals surface area contributed by atoms with Gasteiger partial charge in [0.15, 0.2) is 0 Å². The van der Waals surface area contributed by atoms with Gasteiger partial charge in [0.25, 0.3) is 0 Å². The topological polar surface area (TPSA) is 60.9 Å². The smallest absolute Gasteiger partial charge is 0.232 e.